The molecule has 0 heterocycles. The standard InChI is InChI=1S/C24H42Br2N4O6/c1-15(2)20(21(33)29-18(16(3)31)9-8-12-28-23(27)35)30-19(32)10-6-7-11-24(4,5)36-22(34)17(13-25)14-26/h15,17-18,20H,6-14H2,1-5H3,(H,29,33)(H,30,32)(H3,27,28,35)/t18-,20-/m0/s1. The Morgan fingerprint density at radius 3 is 2.08 bits per heavy atom. The Morgan fingerprint density at radius 1 is 0.972 bits per heavy atom. The molecule has 0 rings (SSSR count). The number of urea groups is 1. The average molecular weight is 642 g/mol. The first-order valence-electron chi connectivity index (χ1n) is 12.2. The number of carbonyl (C=O) groups excluding carboxylic acids is 5. The van der Waals surface area contributed by atoms with Gasteiger partial charge in [-0.1, -0.05) is 45.7 Å². The molecule has 0 aromatic heterocycles. The van der Waals surface area contributed by atoms with E-state index in [4.69, 9.17) is 10.5 Å². The molecular weight excluding hydrogens is 600 g/mol. The van der Waals surface area contributed by atoms with E-state index in [1.54, 1.807) is 0 Å². The van der Waals surface area contributed by atoms with Gasteiger partial charge in [-0.25, -0.2) is 4.79 Å². The summed E-state index contributed by atoms with van der Waals surface area (Å²) in [6.07, 6.45) is 2.87. The fraction of sp³-hybridized carbons (Fsp3) is 0.792. The number of rotatable bonds is 18. The molecule has 0 saturated carbocycles. The van der Waals surface area contributed by atoms with Crippen LogP contribution in [0.2, 0.25) is 0 Å². The summed E-state index contributed by atoms with van der Waals surface area (Å²) in [7, 11) is 0. The predicted molar refractivity (Wildman–Crippen MR) is 146 cm³/mol. The molecule has 0 aliphatic carbocycles. The number of carbonyl (C=O) groups is 5. The highest BCUT2D eigenvalue weighted by Gasteiger charge is 2.29. The molecule has 0 bridgehead atoms. The van der Waals surface area contributed by atoms with Crippen LogP contribution in [0.1, 0.15) is 73.1 Å². The third kappa shape index (κ3) is 14.8. The Morgan fingerprint density at radius 2 is 1.58 bits per heavy atom. The number of hydrogen-bond donors (Lipinski definition) is 4. The molecule has 0 aromatic carbocycles. The van der Waals surface area contributed by atoms with Crippen LogP contribution in [0.5, 0.6) is 0 Å². The smallest absolute Gasteiger partial charge is 0.312 e. The zero-order chi connectivity index (χ0) is 27.9. The second kappa shape index (κ2) is 17.7. The third-order valence-corrected chi connectivity index (χ3v) is 7.12. The quantitative estimate of drug-likeness (QED) is 0.102. The molecule has 0 fully saturated rings. The van der Waals surface area contributed by atoms with Gasteiger partial charge in [0.15, 0.2) is 5.78 Å². The second-order valence-electron chi connectivity index (χ2n) is 9.79. The first-order chi connectivity index (χ1) is 16.7. The van der Waals surface area contributed by atoms with Crippen molar-refractivity contribution in [2.75, 3.05) is 17.2 Å². The van der Waals surface area contributed by atoms with E-state index in [0.717, 1.165) is 0 Å². The molecule has 0 saturated heterocycles. The molecule has 5 N–H and O–H groups in total. The number of hydrogen-bond acceptors (Lipinski definition) is 6. The molecule has 36 heavy (non-hydrogen) atoms. The van der Waals surface area contributed by atoms with E-state index in [9.17, 15) is 24.0 Å². The summed E-state index contributed by atoms with van der Waals surface area (Å²) < 4.78 is 5.61. The summed E-state index contributed by atoms with van der Waals surface area (Å²) in [5, 5.41) is 8.95. The van der Waals surface area contributed by atoms with Crippen LogP contribution in [-0.2, 0) is 23.9 Å². The monoisotopic (exact) mass is 640 g/mol. The Labute approximate surface area is 231 Å². The van der Waals surface area contributed by atoms with Crippen molar-refractivity contribution in [3.63, 3.8) is 0 Å². The van der Waals surface area contributed by atoms with Crippen LogP contribution in [-0.4, -0.2) is 64.5 Å². The van der Waals surface area contributed by atoms with Crippen molar-refractivity contribution in [2.45, 2.75) is 90.8 Å². The summed E-state index contributed by atoms with van der Waals surface area (Å²) in [4.78, 5) is 60.3. The highest BCUT2D eigenvalue weighted by Crippen LogP contribution is 2.22. The molecular formula is C24H42Br2N4O6. The van der Waals surface area contributed by atoms with Crippen LogP contribution in [0.4, 0.5) is 4.79 Å². The van der Waals surface area contributed by atoms with Crippen molar-refractivity contribution in [1.29, 1.82) is 0 Å². The van der Waals surface area contributed by atoms with Crippen LogP contribution in [0, 0.1) is 11.8 Å². The van der Waals surface area contributed by atoms with Crippen molar-refractivity contribution >= 4 is 61.5 Å². The molecule has 10 nitrogen and oxygen atoms in total. The van der Waals surface area contributed by atoms with Gasteiger partial charge in [0.05, 0.1) is 12.0 Å². The van der Waals surface area contributed by atoms with Crippen LogP contribution >= 0.6 is 31.9 Å². The maximum Gasteiger partial charge on any atom is 0.312 e. The largest absolute Gasteiger partial charge is 0.459 e. The number of Topliss-reactive ketones (excluding diaryl/α,β-unsaturated/α-hetero) is 1. The van der Waals surface area contributed by atoms with E-state index >= 15 is 0 Å². The van der Waals surface area contributed by atoms with Crippen molar-refractivity contribution in [3.05, 3.63) is 0 Å². The van der Waals surface area contributed by atoms with Gasteiger partial charge in [0, 0.05) is 23.6 Å². The van der Waals surface area contributed by atoms with E-state index < -0.39 is 29.6 Å². The Bertz CT molecular complexity index is 744. The van der Waals surface area contributed by atoms with Gasteiger partial charge in [0.1, 0.15) is 11.6 Å². The fourth-order valence-electron chi connectivity index (χ4n) is 3.35. The Kier molecular flexibility index (Phi) is 16.9. The number of primary amides is 1. The number of amides is 4. The minimum atomic E-state index is -0.786. The van der Waals surface area contributed by atoms with Gasteiger partial charge < -0.3 is 26.4 Å². The van der Waals surface area contributed by atoms with Gasteiger partial charge in [0.25, 0.3) is 0 Å². The molecule has 0 unspecified atom stereocenters. The first-order valence-corrected chi connectivity index (χ1v) is 14.5. The summed E-state index contributed by atoms with van der Waals surface area (Å²) in [5.74, 6) is -1.62. The highest BCUT2D eigenvalue weighted by molar-refractivity contribution is 9.09. The summed E-state index contributed by atoms with van der Waals surface area (Å²) in [6, 6.07) is -2.15. The van der Waals surface area contributed by atoms with Crippen LogP contribution in [0.15, 0.2) is 0 Å². The van der Waals surface area contributed by atoms with E-state index in [1.807, 2.05) is 27.7 Å². The van der Waals surface area contributed by atoms with E-state index in [1.165, 1.54) is 6.92 Å². The number of ether oxygens (including phenoxy) is 1. The molecule has 4 amide bonds. The minimum absolute atomic E-state index is 0.187. The second-order valence-corrected chi connectivity index (χ2v) is 11.1. The molecule has 0 aliphatic rings. The lowest BCUT2D eigenvalue weighted by atomic mass is 9.99. The maximum absolute atomic E-state index is 12.8. The lowest BCUT2D eigenvalue weighted by Crippen LogP contribution is -2.53. The molecule has 0 aliphatic heterocycles. The van der Waals surface area contributed by atoms with Crippen LogP contribution in [0.3, 0.4) is 0 Å². The summed E-state index contributed by atoms with van der Waals surface area (Å²) in [5.41, 5.74) is 4.38. The summed E-state index contributed by atoms with van der Waals surface area (Å²) >= 11 is 6.61. The number of unbranched alkanes of at least 4 members (excludes halogenated alkanes) is 1. The number of esters is 1. The molecule has 0 aromatic rings. The minimum Gasteiger partial charge on any atom is -0.459 e. The Hall–Kier alpha value is -1.69. The number of halogens is 2. The lowest BCUT2D eigenvalue weighted by molar-refractivity contribution is -0.160. The maximum atomic E-state index is 12.8. The predicted octanol–water partition coefficient (Wildman–Crippen LogP) is 2.94. The molecule has 0 spiro atoms. The molecule has 2 atom stereocenters. The van der Waals surface area contributed by atoms with Gasteiger partial charge in [-0.05, 0) is 58.8 Å². The number of ketones is 1. The Balaban J connectivity index is 4.68. The van der Waals surface area contributed by atoms with E-state index in [2.05, 4.69) is 47.8 Å². The highest BCUT2D eigenvalue weighted by atomic mass is 79.9. The molecule has 12 heteroatoms. The van der Waals surface area contributed by atoms with Gasteiger partial charge in [-0.2, -0.15) is 0 Å². The molecule has 0 radical (unpaired) electrons. The lowest BCUT2D eigenvalue weighted by Gasteiger charge is -2.27. The number of alkyl halides is 2. The zero-order valence-corrected chi connectivity index (χ0v) is 25.1. The van der Waals surface area contributed by atoms with Crippen molar-refractivity contribution in [1.82, 2.24) is 16.0 Å². The third-order valence-electron chi connectivity index (χ3n) is 5.56. The van der Waals surface area contributed by atoms with Crippen molar-refractivity contribution < 1.29 is 28.7 Å². The van der Waals surface area contributed by atoms with Gasteiger partial charge >= 0.3 is 12.0 Å². The first kappa shape index (κ1) is 34.3. The summed E-state index contributed by atoms with van der Waals surface area (Å²) in [6.45, 7) is 9.00. The number of nitrogens with one attached hydrogen (secondary N) is 3. The van der Waals surface area contributed by atoms with Gasteiger partial charge in [-0.15, -0.1) is 0 Å². The average Bonchev–Trinajstić information content (AvgIpc) is 2.76. The zero-order valence-electron chi connectivity index (χ0n) is 22.0. The van der Waals surface area contributed by atoms with E-state index in [0.29, 0.717) is 49.3 Å². The fourth-order valence-corrected chi connectivity index (χ4v) is 4.95. The van der Waals surface area contributed by atoms with Crippen LogP contribution < -0.4 is 21.7 Å². The van der Waals surface area contributed by atoms with Crippen LogP contribution in [0.25, 0.3) is 0 Å². The van der Waals surface area contributed by atoms with E-state index in [-0.39, 0.29) is 35.9 Å². The number of nitrogens with two attached hydrogens (primary N) is 1. The van der Waals surface area contributed by atoms with Crippen molar-refractivity contribution in [2.24, 2.45) is 17.6 Å². The topological polar surface area (TPSA) is 157 Å². The SMILES string of the molecule is CC(=O)[C@H](CCCNC(N)=O)NC(=O)[C@@H](NC(=O)CCCCC(C)(C)OC(=O)C(CBr)CBr)C(C)C. The molecule has 208 valence electrons. The van der Waals surface area contributed by atoms with Gasteiger partial charge in [-0.3, -0.25) is 19.2 Å². The van der Waals surface area contributed by atoms with Gasteiger partial charge in [0.2, 0.25) is 11.8 Å². The van der Waals surface area contributed by atoms with Crippen molar-refractivity contribution in [3.8, 4) is 0 Å². The normalized spacial score (nSPS) is 13.1.